The van der Waals surface area contributed by atoms with Crippen molar-refractivity contribution in [2.75, 3.05) is 6.61 Å². The predicted molar refractivity (Wildman–Crippen MR) is 78.1 cm³/mol. The molecule has 0 radical (unpaired) electrons. The van der Waals surface area contributed by atoms with E-state index >= 15 is 0 Å². The van der Waals surface area contributed by atoms with E-state index in [-0.39, 0.29) is 24.3 Å². The minimum atomic E-state index is -0.538. The molecule has 0 unspecified atom stereocenters. The van der Waals surface area contributed by atoms with Crippen LogP contribution in [0.3, 0.4) is 0 Å². The monoisotopic (exact) mass is 305 g/mol. The summed E-state index contributed by atoms with van der Waals surface area (Å²) >= 11 is 0. The lowest BCUT2D eigenvalue weighted by Crippen LogP contribution is -2.20. The van der Waals surface area contributed by atoms with E-state index in [1.54, 1.807) is 19.9 Å². The van der Waals surface area contributed by atoms with E-state index in [2.05, 4.69) is 5.10 Å². The first-order chi connectivity index (χ1) is 10.4. The van der Waals surface area contributed by atoms with Gasteiger partial charge in [-0.15, -0.1) is 0 Å². The van der Waals surface area contributed by atoms with Gasteiger partial charge in [-0.05, 0) is 19.9 Å². The number of aromatic amines is 1. The summed E-state index contributed by atoms with van der Waals surface area (Å²) in [6.45, 7) is 3.58. The maximum absolute atomic E-state index is 12.4. The molecule has 0 spiro atoms. The predicted octanol–water partition coefficient (Wildman–Crippen LogP) is 1.49. The van der Waals surface area contributed by atoms with Crippen molar-refractivity contribution < 1.29 is 14.5 Å². The molecule has 0 saturated heterocycles. The lowest BCUT2D eigenvalue weighted by Gasteiger charge is -2.01. The van der Waals surface area contributed by atoms with E-state index in [1.807, 2.05) is 0 Å². The third kappa shape index (κ3) is 3.05. The molecule has 1 aromatic carbocycles. The summed E-state index contributed by atoms with van der Waals surface area (Å²) in [5.41, 5.74) is 0.585. The summed E-state index contributed by atoms with van der Waals surface area (Å²) in [7, 11) is 0. The molecule has 0 fully saturated rings. The Bertz CT molecular complexity index is 775. The number of nitro groups is 1. The Hall–Kier alpha value is -2.90. The van der Waals surface area contributed by atoms with Gasteiger partial charge in [0.05, 0.1) is 29.2 Å². The van der Waals surface area contributed by atoms with Crippen molar-refractivity contribution in [3.8, 4) is 5.69 Å². The molecule has 8 heteroatoms. The van der Waals surface area contributed by atoms with Gasteiger partial charge in [0.2, 0.25) is 0 Å². The number of nitrogens with one attached hydrogen (secondary N) is 1. The molecule has 0 aliphatic carbocycles. The number of nitro benzene ring substituents is 1. The summed E-state index contributed by atoms with van der Waals surface area (Å²) in [5.74, 6) is -0.493. The van der Waals surface area contributed by atoms with E-state index in [4.69, 9.17) is 4.74 Å². The third-order valence-corrected chi connectivity index (χ3v) is 3.12. The van der Waals surface area contributed by atoms with Crippen LogP contribution in [0, 0.1) is 17.0 Å². The molecule has 2 rings (SSSR count). The number of esters is 1. The van der Waals surface area contributed by atoms with Gasteiger partial charge in [0.1, 0.15) is 0 Å². The topological polar surface area (TPSA) is 107 Å². The fourth-order valence-electron chi connectivity index (χ4n) is 2.07. The molecule has 0 atom stereocenters. The summed E-state index contributed by atoms with van der Waals surface area (Å²) in [4.78, 5) is 34.2. The minimum absolute atomic E-state index is 0.122. The van der Waals surface area contributed by atoms with Crippen LogP contribution in [0.15, 0.2) is 29.1 Å². The Kier molecular flexibility index (Phi) is 4.40. The van der Waals surface area contributed by atoms with Gasteiger partial charge in [0, 0.05) is 17.8 Å². The zero-order chi connectivity index (χ0) is 16.3. The van der Waals surface area contributed by atoms with Crippen LogP contribution in [0.25, 0.3) is 5.69 Å². The molecule has 22 heavy (non-hydrogen) atoms. The number of aromatic nitrogens is 2. The molecule has 1 aromatic heterocycles. The van der Waals surface area contributed by atoms with Crippen molar-refractivity contribution in [1.29, 1.82) is 0 Å². The average Bonchev–Trinajstić information content (AvgIpc) is 2.76. The second-order valence-electron chi connectivity index (χ2n) is 4.61. The van der Waals surface area contributed by atoms with Crippen molar-refractivity contribution in [2.24, 2.45) is 0 Å². The molecular formula is C14H15N3O5. The summed E-state index contributed by atoms with van der Waals surface area (Å²) in [6, 6.07) is 5.68. The highest BCUT2D eigenvalue weighted by Gasteiger charge is 2.17. The van der Waals surface area contributed by atoms with E-state index in [1.165, 1.54) is 22.9 Å². The number of benzene rings is 1. The maximum atomic E-state index is 12.4. The van der Waals surface area contributed by atoms with Crippen LogP contribution < -0.4 is 5.56 Å². The largest absolute Gasteiger partial charge is 0.466 e. The maximum Gasteiger partial charge on any atom is 0.310 e. The number of ether oxygens (including phenoxy) is 1. The first kappa shape index (κ1) is 15.5. The van der Waals surface area contributed by atoms with E-state index < -0.39 is 16.5 Å². The second-order valence-corrected chi connectivity index (χ2v) is 4.61. The van der Waals surface area contributed by atoms with Crippen LogP contribution in [0.4, 0.5) is 5.69 Å². The Morgan fingerprint density at radius 3 is 2.82 bits per heavy atom. The lowest BCUT2D eigenvalue weighted by molar-refractivity contribution is -0.384. The molecular weight excluding hydrogens is 290 g/mol. The fraction of sp³-hybridized carbons (Fsp3) is 0.286. The van der Waals surface area contributed by atoms with Crippen LogP contribution in [-0.4, -0.2) is 27.3 Å². The Labute approximate surface area is 125 Å². The molecule has 116 valence electrons. The average molecular weight is 305 g/mol. The zero-order valence-corrected chi connectivity index (χ0v) is 12.2. The summed E-state index contributed by atoms with van der Waals surface area (Å²) in [5, 5.41) is 13.6. The van der Waals surface area contributed by atoms with Crippen LogP contribution in [0.1, 0.15) is 18.2 Å². The molecule has 0 bridgehead atoms. The number of aryl methyl sites for hydroxylation is 1. The fourth-order valence-corrected chi connectivity index (χ4v) is 2.07. The number of nitrogens with zero attached hydrogens (tertiary/aromatic N) is 2. The normalized spacial score (nSPS) is 10.5. The number of rotatable bonds is 5. The number of hydrogen-bond donors (Lipinski definition) is 1. The Balaban J connectivity index is 2.42. The highest BCUT2D eigenvalue weighted by Crippen LogP contribution is 2.16. The first-order valence-corrected chi connectivity index (χ1v) is 6.65. The van der Waals surface area contributed by atoms with E-state index in [9.17, 15) is 19.7 Å². The highest BCUT2D eigenvalue weighted by molar-refractivity contribution is 5.72. The molecule has 1 heterocycles. The molecule has 0 aliphatic rings. The Morgan fingerprint density at radius 1 is 1.45 bits per heavy atom. The van der Waals surface area contributed by atoms with Gasteiger partial charge in [-0.3, -0.25) is 24.8 Å². The van der Waals surface area contributed by atoms with Crippen molar-refractivity contribution in [3.63, 3.8) is 0 Å². The standard InChI is InChI=1S/C14H15N3O5/c1-3-22-13(18)8-12-9(2)15-16(14(12)19)10-5-4-6-11(7-10)17(20)21/h4-7,15H,3,8H2,1-2H3. The van der Waals surface area contributed by atoms with E-state index in [0.29, 0.717) is 11.4 Å². The lowest BCUT2D eigenvalue weighted by atomic mass is 10.2. The van der Waals surface area contributed by atoms with Gasteiger partial charge in [0.15, 0.2) is 0 Å². The van der Waals surface area contributed by atoms with Crippen LogP contribution in [0.5, 0.6) is 0 Å². The number of H-pyrrole nitrogens is 1. The molecule has 0 saturated carbocycles. The number of non-ortho nitro benzene ring substituents is 1. The second kappa shape index (κ2) is 6.25. The minimum Gasteiger partial charge on any atom is -0.466 e. The van der Waals surface area contributed by atoms with Gasteiger partial charge in [-0.2, -0.15) is 0 Å². The van der Waals surface area contributed by atoms with E-state index in [0.717, 1.165) is 0 Å². The van der Waals surface area contributed by atoms with Crippen LogP contribution in [-0.2, 0) is 16.0 Å². The number of carbonyl (C=O) groups excluding carboxylic acids is 1. The van der Waals surface area contributed by atoms with Crippen LogP contribution in [0.2, 0.25) is 0 Å². The van der Waals surface area contributed by atoms with Crippen molar-refractivity contribution >= 4 is 11.7 Å². The third-order valence-electron chi connectivity index (χ3n) is 3.12. The van der Waals surface area contributed by atoms with Gasteiger partial charge in [0.25, 0.3) is 11.2 Å². The van der Waals surface area contributed by atoms with Crippen LogP contribution >= 0.6 is 0 Å². The quantitative estimate of drug-likeness (QED) is 0.511. The number of hydrogen-bond acceptors (Lipinski definition) is 5. The molecule has 8 nitrogen and oxygen atoms in total. The molecule has 1 N–H and O–H groups in total. The van der Waals surface area contributed by atoms with Gasteiger partial charge in [-0.25, -0.2) is 4.68 Å². The molecule has 2 aromatic rings. The Morgan fingerprint density at radius 2 is 2.18 bits per heavy atom. The van der Waals surface area contributed by atoms with Crippen molar-refractivity contribution in [3.05, 3.63) is 56.0 Å². The first-order valence-electron chi connectivity index (χ1n) is 6.65. The molecule has 0 aliphatic heterocycles. The highest BCUT2D eigenvalue weighted by atomic mass is 16.6. The van der Waals surface area contributed by atoms with Crippen molar-refractivity contribution in [2.45, 2.75) is 20.3 Å². The summed E-state index contributed by atoms with van der Waals surface area (Å²) < 4.78 is 6.01. The zero-order valence-electron chi connectivity index (χ0n) is 12.2. The SMILES string of the molecule is CCOC(=O)Cc1c(C)[nH]n(-c2cccc([N+](=O)[O-])c2)c1=O. The van der Waals surface area contributed by atoms with Crippen molar-refractivity contribution in [1.82, 2.24) is 9.78 Å². The number of carbonyl (C=O) groups is 1. The van der Waals surface area contributed by atoms with Gasteiger partial charge >= 0.3 is 5.97 Å². The van der Waals surface area contributed by atoms with Gasteiger partial charge in [-0.1, -0.05) is 6.07 Å². The summed E-state index contributed by atoms with van der Waals surface area (Å²) in [6.07, 6.45) is -0.142. The molecule has 0 amide bonds. The smallest absolute Gasteiger partial charge is 0.310 e. The van der Waals surface area contributed by atoms with Gasteiger partial charge < -0.3 is 4.74 Å².